The summed E-state index contributed by atoms with van der Waals surface area (Å²) < 4.78 is 0. The second-order valence-electron chi connectivity index (χ2n) is 5.04. The minimum absolute atomic E-state index is 0.161. The van der Waals surface area contributed by atoms with Crippen LogP contribution in [0.5, 0.6) is 0 Å². The predicted molar refractivity (Wildman–Crippen MR) is 71.0 cm³/mol. The van der Waals surface area contributed by atoms with Crippen LogP contribution in [0.1, 0.15) is 31.7 Å². The van der Waals surface area contributed by atoms with Crippen LogP contribution in [0, 0.1) is 0 Å². The Bertz CT molecular complexity index is 325. The van der Waals surface area contributed by atoms with Crippen LogP contribution in [0.4, 0.5) is 0 Å². The van der Waals surface area contributed by atoms with Crippen molar-refractivity contribution in [3.63, 3.8) is 0 Å². The average Bonchev–Trinajstić information content (AvgIpc) is 2.78. The van der Waals surface area contributed by atoms with E-state index in [1.165, 1.54) is 18.4 Å². The van der Waals surface area contributed by atoms with Crippen molar-refractivity contribution in [3.05, 3.63) is 35.9 Å². The Morgan fingerprint density at radius 3 is 2.82 bits per heavy atom. The fourth-order valence-electron chi connectivity index (χ4n) is 2.65. The van der Waals surface area contributed by atoms with Gasteiger partial charge >= 0.3 is 0 Å². The summed E-state index contributed by atoms with van der Waals surface area (Å²) in [5.74, 6) is 0. The van der Waals surface area contributed by atoms with Gasteiger partial charge in [0, 0.05) is 12.6 Å². The van der Waals surface area contributed by atoms with Gasteiger partial charge in [0.15, 0.2) is 0 Å². The lowest BCUT2D eigenvalue weighted by molar-refractivity contribution is 0.103. The Kier molecular flexibility index (Phi) is 4.57. The van der Waals surface area contributed by atoms with Gasteiger partial charge < -0.3 is 5.11 Å². The highest BCUT2D eigenvalue weighted by Crippen LogP contribution is 2.21. The Balaban J connectivity index is 1.91. The van der Waals surface area contributed by atoms with E-state index in [0.29, 0.717) is 6.04 Å². The van der Waals surface area contributed by atoms with Gasteiger partial charge in [0.1, 0.15) is 0 Å². The maximum absolute atomic E-state index is 9.76. The van der Waals surface area contributed by atoms with Crippen molar-refractivity contribution in [1.29, 1.82) is 0 Å². The highest BCUT2D eigenvalue weighted by Gasteiger charge is 2.25. The molecule has 1 saturated heterocycles. The molecule has 2 atom stereocenters. The summed E-state index contributed by atoms with van der Waals surface area (Å²) in [6, 6.07) is 11.3. The molecule has 1 N–H and O–H groups in total. The first kappa shape index (κ1) is 12.6. The zero-order valence-electron chi connectivity index (χ0n) is 10.7. The maximum Gasteiger partial charge on any atom is 0.0664 e. The Labute approximate surface area is 104 Å². The quantitative estimate of drug-likeness (QED) is 0.844. The summed E-state index contributed by atoms with van der Waals surface area (Å²) in [4.78, 5) is 2.46. The molecule has 0 radical (unpaired) electrons. The highest BCUT2D eigenvalue weighted by molar-refractivity contribution is 5.16. The minimum Gasteiger partial charge on any atom is -0.392 e. The first-order valence-electron chi connectivity index (χ1n) is 6.75. The molecule has 2 unspecified atom stereocenters. The van der Waals surface area contributed by atoms with Crippen LogP contribution >= 0.6 is 0 Å². The molecule has 94 valence electrons. The van der Waals surface area contributed by atoms with Crippen LogP contribution in [0.25, 0.3) is 0 Å². The molecule has 17 heavy (non-hydrogen) atoms. The number of likely N-dealkylation sites (tertiary alicyclic amines) is 1. The van der Waals surface area contributed by atoms with Crippen molar-refractivity contribution < 1.29 is 5.11 Å². The van der Waals surface area contributed by atoms with E-state index < -0.39 is 0 Å². The van der Waals surface area contributed by atoms with Crippen molar-refractivity contribution in [2.75, 3.05) is 13.1 Å². The number of hydrogen-bond donors (Lipinski definition) is 1. The summed E-state index contributed by atoms with van der Waals surface area (Å²) in [7, 11) is 0. The minimum atomic E-state index is -0.161. The highest BCUT2D eigenvalue weighted by atomic mass is 16.3. The zero-order chi connectivity index (χ0) is 12.1. The third-order valence-electron chi connectivity index (χ3n) is 3.73. The summed E-state index contributed by atoms with van der Waals surface area (Å²) in [6.45, 7) is 4.04. The van der Waals surface area contributed by atoms with Gasteiger partial charge in [0.05, 0.1) is 6.10 Å². The maximum atomic E-state index is 9.76. The first-order chi connectivity index (χ1) is 8.29. The molecule has 1 aromatic carbocycles. The fraction of sp³-hybridized carbons (Fsp3) is 0.600. The van der Waals surface area contributed by atoms with Crippen molar-refractivity contribution in [3.8, 4) is 0 Å². The van der Waals surface area contributed by atoms with Crippen LogP contribution in [-0.2, 0) is 6.42 Å². The molecular formula is C15H23NO. The van der Waals surface area contributed by atoms with Crippen molar-refractivity contribution in [2.24, 2.45) is 0 Å². The standard InChI is InChI=1S/C15H23NO/c1-2-15(17)12-16-10-6-9-14(16)11-13-7-4-3-5-8-13/h3-5,7-8,14-15,17H,2,6,9-12H2,1H3. The molecule has 1 aliphatic heterocycles. The molecule has 0 amide bonds. The van der Waals surface area contributed by atoms with E-state index in [1.54, 1.807) is 0 Å². The Hall–Kier alpha value is -0.860. The van der Waals surface area contributed by atoms with Gasteiger partial charge in [-0.15, -0.1) is 0 Å². The van der Waals surface area contributed by atoms with Crippen molar-refractivity contribution in [1.82, 2.24) is 4.90 Å². The third kappa shape index (κ3) is 3.55. The number of rotatable bonds is 5. The van der Waals surface area contributed by atoms with E-state index in [1.807, 2.05) is 6.92 Å². The predicted octanol–water partition coefficient (Wildman–Crippen LogP) is 2.46. The summed E-state index contributed by atoms with van der Waals surface area (Å²) in [6.07, 6.45) is 4.36. The lowest BCUT2D eigenvalue weighted by Gasteiger charge is -2.26. The van der Waals surface area contributed by atoms with Crippen molar-refractivity contribution in [2.45, 2.75) is 44.8 Å². The molecule has 1 heterocycles. The van der Waals surface area contributed by atoms with Crippen LogP contribution in [0.2, 0.25) is 0 Å². The molecule has 1 aromatic rings. The van der Waals surface area contributed by atoms with Gasteiger partial charge in [-0.2, -0.15) is 0 Å². The molecule has 0 bridgehead atoms. The van der Waals surface area contributed by atoms with Crippen LogP contribution in [0.15, 0.2) is 30.3 Å². The van der Waals surface area contributed by atoms with E-state index in [9.17, 15) is 5.11 Å². The van der Waals surface area contributed by atoms with Crippen LogP contribution in [0.3, 0.4) is 0 Å². The SMILES string of the molecule is CCC(O)CN1CCCC1Cc1ccccc1. The monoisotopic (exact) mass is 233 g/mol. The second-order valence-corrected chi connectivity index (χ2v) is 5.04. The number of β-amino-alcohol motifs (C(OH)–C–C–N with tert-alkyl or cyclic N) is 1. The van der Waals surface area contributed by atoms with Crippen LogP contribution < -0.4 is 0 Å². The molecule has 0 aliphatic carbocycles. The molecule has 2 heteroatoms. The smallest absolute Gasteiger partial charge is 0.0664 e. The van der Waals surface area contributed by atoms with E-state index in [4.69, 9.17) is 0 Å². The molecular weight excluding hydrogens is 210 g/mol. The van der Waals surface area contributed by atoms with E-state index in [-0.39, 0.29) is 6.10 Å². The molecule has 2 nitrogen and oxygen atoms in total. The largest absolute Gasteiger partial charge is 0.392 e. The molecule has 0 aromatic heterocycles. The Morgan fingerprint density at radius 1 is 1.35 bits per heavy atom. The average molecular weight is 233 g/mol. The van der Waals surface area contributed by atoms with Crippen molar-refractivity contribution >= 4 is 0 Å². The van der Waals surface area contributed by atoms with Gasteiger partial charge in [0.2, 0.25) is 0 Å². The second kappa shape index (κ2) is 6.18. The first-order valence-corrected chi connectivity index (χ1v) is 6.75. The molecule has 1 fully saturated rings. The van der Waals surface area contributed by atoms with E-state index >= 15 is 0 Å². The molecule has 0 spiro atoms. The number of aliphatic hydroxyl groups excluding tert-OH is 1. The third-order valence-corrected chi connectivity index (χ3v) is 3.73. The van der Waals surface area contributed by atoms with Gasteiger partial charge in [-0.3, -0.25) is 4.90 Å². The lowest BCUT2D eigenvalue weighted by Crippen LogP contribution is -2.37. The lowest BCUT2D eigenvalue weighted by atomic mass is 10.0. The van der Waals surface area contributed by atoms with Gasteiger partial charge in [-0.1, -0.05) is 37.3 Å². The fourth-order valence-corrected chi connectivity index (χ4v) is 2.65. The number of aliphatic hydroxyl groups is 1. The molecule has 1 aliphatic rings. The van der Waals surface area contributed by atoms with E-state index in [0.717, 1.165) is 25.9 Å². The normalized spacial score (nSPS) is 22.8. The molecule has 0 saturated carbocycles. The van der Waals surface area contributed by atoms with E-state index in [2.05, 4.69) is 35.2 Å². The Morgan fingerprint density at radius 2 is 2.12 bits per heavy atom. The summed E-state index contributed by atoms with van der Waals surface area (Å²) in [5.41, 5.74) is 1.41. The van der Waals surface area contributed by atoms with Gasteiger partial charge in [0.25, 0.3) is 0 Å². The number of hydrogen-bond acceptors (Lipinski definition) is 2. The van der Waals surface area contributed by atoms with Gasteiger partial charge in [-0.05, 0) is 37.8 Å². The number of nitrogens with zero attached hydrogens (tertiary/aromatic N) is 1. The van der Waals surface area contributed by atoms with Crippen LogP contribution in [-0.4, -0.2) is 35.2 Å². The summed E-state index contributed by atoms with van der Waals surface area (Å²) >= 11 is 0. The topological polar surface area (TPSA) is 23.5 Å². The zero-order valence-corrected chi connectivity index (χ0v) is 10.7. The summed E-state index contributed by atoms with van der Waals surface area (Å²) in [5, 5.41) is 9.76. The van der Waals surface area contributed by atoms with Gasteiger partial charge in [-0.25, -0.2) is 0 Å². The molecule has 2 rings (SSSR count). The number of benzene rings is 1.